The van der Waals surface area contributed by atoms with E-state index in [0.717, 1.165) is 12.0 Å². The first kappa shape index (κ1) is 18.3. The number of thioether (sulfide) groups is 1. The molecule has 6 nitrogen and oxygen atoms in total. The van der Waals surface area contributed by atoms with E-state index in [1.807, 2.05) is 20.8 Å². The summed E-state index contributed by atoms with van der Waals surface area (Å²) in [5.74, 6) is 1.06. The van der Waals surface area contributed by atoms with Gasteiger partial charge in [-0.1, -0.05) is 13.0 Å². The van der Waals surface area contributed by atoms with Crippen LogP contribution in [0.4, 0.5) is 5.69 Å². The highest BCUT2D eigenvalue weighted by atomic mass is 32.2. The van der Waals surface area contributed by atoms with Crippen molar-refractivity contribution in [1.82, 2.24) is 5.32 Å². The molecule has 1 amide bonds. The molecule has 0 aliphatic rings. The topological polar surface area (TPSA) is 81.5 Å². The lowest BCUT2D eigenvalue weighted by Crippen LogP contribution is -2.43. The standard InChI is InChI=1S/C15H22N2O4S/c1-5-15(2,3)16-14(18)10-22-9-11-6-7-13(21-4)12(8-11)17(19)20/h6-8H,5,9-10H2,1-4H3,(H,16,18). The summed E-state index contributed by atoms with van der Waals surface area (Å²) >= 11 is 1.42. The Labute approximate surface area is 134 Å². The van der Waals surface area contributed by atoms with Gasteiger partial charge in [0.1, 0.15) is 0 Å². The minimum absolute atomic E-state index is 0.0279. The molecule has 0 radical (unpaired) electrons. The molecule has 1 N–H and O–H groups in total. The van der Waals surface area contributed by atoms with Crippen LogP contribution < -0.4 is 10.1 Å². The summed E-state index contributed by atoms with van der Waals surface area (Å²) in [4.78, 5) is 22.3. The third-order valence-corrected chi connectivity index (χ3v) is 4.31. The van der Waals surface area contributed by atoms with E-state index in [0.29, 0.717) is 11.5 Å². The van der Waals surface area contributed by atoms with E-state index in [-0.39, 0.29) is 22.9 Å². The number of rotatable bonds is 8. The predicted molar refractivity (Wildman–Crippen MR) is 88.3 cm³/mol. The smallest absolute Gasteiger partial charge is 0.311 e. The average Bonchev–Trinajstić information content (AvgIpc) is 2.46. The monoisotopic (exact) mass is 326 g/mol. The van der Waals surface area contributed by atoms with Gasteiger partial charge in [-0.05, 0) is 31.9 Å². The number of carbonyl (C=O) groups excluding carboxylic acids is 1. The number of hydrogen-bond donors (Lipinski definition) is 1. The maximum absolute atomic E-state index is 11.8. The van der Waals surface area contributed by atoms with Crippen molar-refractivity contribution in [2.24, 2.45) is 0 Å². The summed E-state index contributed by atoms with van der Waals surface area (Å²) in [7, 11) is 1.40. The molecule has 0 aromatic heterocycles. The molecule has 0 aliphatic carbocycles. The number of amides is 1. The number of benzene rings is 1. The molecule has 0 spiro atoms. The summed E-state index contributed by atoms with van der Waals surface area (Å²) in [5, 5.41) is 13.9. The minimum atomic E-state index is -0.469. The summed E-state index contributed by atoms with van der Waals surface area (Å²) in [6.45, 7) is 5.97. The molecule has 1 aromatic carbocycles. The summed E-state index contributed by atoms with van der Waals surface area (Å²) in [6, 6.07) is 4.83. The van der Waals surface area contributed by atoms with Gasteiger partial charge < -0.3 is 10.1 Å². The Morgan fingerprint density at radius 1 is 1.45 bits per heavy atom. The number of nitrogens with one attached hydrogen (secondary N) is 1. The van der Waals surface area contributed by atoms with E-state index in [1.54, 1.807) is 12.1 Å². The minimum Gasteiger partial charge on any atom is -0.490 e. The molecule has 1 rings (SSSR count). The lowest BCUT2D eigenvalue weighted by Gasteiger charge is -2.24. The summed E-state index contributed by atoms with van der Waals surface area (Å²) in [5.41, 5.74) is 0.522. The van der Waals surface area contributed by atoms with Crippen LogP contribution >= 0.6 is 11.8 Å². The van der Waals surface area contributed by atoms with E-state index < -0.39 is 4.92 Å². The molecule has 0 bridgehead atoms. The van der Waals surface area contributed by atoms with E-state index >= 15 is 0 Å². The Morgan fingerprint density at radius 2 is 2.14 bits per heavy atom. The van der Waals surface area contributed by atoms with E-state index in [2.05, 4.69) is 5.32 Å². The Hall–Kier alpha value is -1.76. The van der Waals surface area contributed by atoms with Crippen molar-refractivity contribution in [3.63, 3.8) is 0 Å². The molecular weight excluding hydrogens is 304 g/mol. The van der Waals surface area contributed by atoms with Crippen LogP contribution in [0.3, 0.4) is 0 Å². The maximum Gasteiger partial charge on any atom is 0.311 e. The van der Waals surface area contributed by atoms with Crippen molar-refractivity contribution in [1.29, 1.82) is 0 Å². The van der Waals surface area contributed by atoms with Gasteiger partial charge in [-0.15, -0.1) is 11.8 Å². The van der Waals surface area contributed by atoms with Crippen LogP contribution in [0.1, 0.15) is 32.8 Å². The first-order chi connectivity index (χ1) is 10.3. The fourth-order valence-electron chi connectivity index (χ4n) is 1.73. The van der Waals surface area contributed by atoms with Crippen LogP contribution in [0, 0.1) is 10.1 Å². The van der Waals surface area contributed by atoms with Crippen LogP contribution in [0.25, 0.3) is 0 Å². The fraction of sp³-hybridized carbons (Fsp3) is 0.533. The second kappa shape index (κ2) is 8.03. The van der Waals surface area contributed by atoms with Gasteiger partial charge in [0.25, 0.3) is 0 Å². The number of nitro benzene ring substituents is 1. The quantitative estimate of drug-likeness (QED) is 0.586. The van der Waals surface area contributed by atoms with Crippen molar-refractivity contribution < 1.29 is 14.5 Å². The van der Waals surface area contributed by atoms with E-state index in [4.69, 9.17) is 4.74 Å². The highest BCUT2D eigenvalue weighted by Crippen LogP contribution is 2.28. The van der Waals surface area contributed by atoms with Gasteiger partial charge in [0.15, 0.2) is 5.75 Å². The van der Waals surface area contributed by atoms with Gasteiger partial charge in [0.2, 0.25) is 5.91 Å². The Bertz CT molecular complexity index is 546. The molecule has 122 valence electrons. The van der Waals surface area contributed by atoms with Crippen molar-refractivity contribution in [3.8, 4) is 5.75 Å². The molecule has 0 aliphatic heterocycles. The molecule has 7 heteroatoms. The van der Waals surface area contributed by atoms with Crippen LogP contribution in [0.5, 0.6) is 5.75 Å². The molecule has 0 heterocycles. The number of methoxy groups -OCH3 is 1. The first-order valence-corrected chi connectivity index (χ1v) is 8.14. The van der Waals surface area contributed by atoms with E-state index in [1.165, 1.54) is 24.9 Å². The highest BCUT2D eigenvalue weighted by Gasteiger charge is 2.18. The number of carbonyl (C=O) groups is 1. The van der Waals surface area contributed by atoms with Crippen molar-refractivity contribution in [3.05, 3.63) is 33.9 Å². The third kappa shape index (κ3) is 5.55. The lowest BCUT2D eigenvalue weighted by molar-refractivity contribution is -0.385. The molecule has 0 saturated carbocycles. The van der Waals surface area contributed by atoms with Gasteiger partial charge in [-0.2, -0.15) is 0 Å². The number of ether oxygens (including phenoxy) is 1. The molecule has 0 fully saturated rings. The fourth-order valence-corrected chi connectivity index (χ4v) is 2.51. The van der Waals surface area contributed by atoms with E-state index in [9.17, 15) is 14.9 Å². The summed E-state index contributed by atoms with van der Waals surface area (Å²) < 4.78 is 4.96. The highest BCUT2D eigenvalue weighted by molar-refractivity contribution is 7.99. The second-order valence-corrected chi connectivity index (χ2v) is 6.53. The van der Waals surface area contributed by atoms with Gasteiger partial charge in [-0.25, -0.2) is 0 Å². The van der Waals surface area contributed by atoms with Gasteiger partial charge in [0, 0.05) is 17.4 Å². The zero-order valence-electron chi connectivity index (χ0n) is 13.3. The predicted octanol–water partition coefficient (Wildman–Crippen LogP) is 3.14. The second-order valence-electron chi connectivity index (χ2n) is 5.54. The normalized spacial score (nSPS) is 11.1. The van der Waals surface area contributed by atoms with Gasteiger partial charge >= 0.3 is 5.69 Å². The lowest BCUT2D eigenvalue weighted by atomic mass is 10.0. The third-order valence-electron chi connectivity index (χ3n) is 3.30. The first-order valence-electron chi connectivity index (χ1n) is 6.99. The Kier molecular flexibility index (Phi) is 6.67. The molecule has 0 saturated heterocycles. The summed E-state index contributed by atoms with van der Waals surface area (Å²) in [6.07, 6.45) is 0.855. The van der Waals surface area contributed by atoms with Crippen molar-refractivity contribution in [2.75, 3.05) is 12.9 Å². The Morgan fingerprint density at radius 3 is 2.68 bits per heavy atom. The van der Waals surface area contributed by atoms with Crippen LogP contribution in [-0.2, 0) is 10.5 Å². The number of hydrogen-bond acceptors (Lipinski definition) is 5. The zero-order valence-corrected chi connectivity index (χ0v) is 14.2. The van der Waals surface area contributed by atoms with Crippen LogP contribution in [0.15, 0.2) is 18.2 Å². The van der Waals surface area contributed by atoms with Gasteiger partial charge in [-0.3, -0.25) is 14.9 Å². The van der Waals surface area contributed by atoms with Crippen molar-refractivity contribution in [2.45, 2.75) is 38.5 Å². The molecule has 22 heavy (non-hydrogen) atoms. The number of nitrogens with zero attached hydrogens (tertiary/aromatic N) is 1. The SMILES string of the molecule is CCC(C)(C)NC(=O)CSCc1ccc(OC)c([N+](=O)[O-])c1. The van der Waals surface area contributed by atoms with Crippen LogP contribution in [-0.4, -0.2) is 29.2 Å². The Balaban J connectivity index is 2.57. The van der Waals surface area contributed by atoms with Gasteiger partial charge in [0.05, 0.1) is 17.8 Å². The molecule has 0 atom stereocenters. The molecular formula is C15H22N2O4S. The van der Waals surface area contributed by atoms with Crippen molar-refractivity contribution >= 4 is 23.4 Å². The molecule has 1 aromatic rings. The molecule has 0 unspecified atom stereocenters. The maximum atomic E-state index is 11.8. The van der Waals surface area contributed by atoms with Crippen LogP contribution in [0.2, 0.25) is 0 Å². The average molecular weight is 326 g/mol. The number of nitro groups is 1. The largest absolute Gasteiger partial charge is 0.490 e. The zero-order chi connectivity index (χ0) is 16.8.